The average Bonchev–Trinajstić information content (AvgIpc) is 2.11. The van der Waals surface area contributed by atoms with Gasteiger partial charge in [-0.1, -0.05) is 41.0 Å². The van der Waals surface area contributed by atoms with Gasteiger partial charge in [-0.05, 0) is 27.2 Å². The second-order valence-corrected chi connectivity index (χ2v) is 3.59. The Kier molecular flexibility index (Phi) is 6.77. The highest BCUT2D eigenvalue weighted by Crippen LogP contribution is 1.99. The van der Waals surface area contributed by atoms with Crippen LogP contribution in [0.3, 0.4) is 0 Å². The van der Waals surface area contributed by atoms with Gasteiger partial charge in [0, 0.05) is 6.61 Å². The van der Waals surface area contributed by atoms with E-state index in [2.05, 4.69) is 44.7 Å². The van der Waals surface area contributed by atoms with E-state index >= 15 is 0 Å². The molecule has 14 heavy (non-hydrogen) atoms. The minimum Gasteiger partial charge on any atom is -0.396 e. The maximum absolute atomic E-state index is 8.18. The fraction of sp³-hybridized carbons (Fsp3) is 0.385. The molecule has 0 bridgehead atoms. The van der Waals surface area contributed by atoms with Crippen molar-refractivity contribution in [3.8, 4) is 0 Å². The van der Waals surface area contributed by atoms with Crippen molar-refractivity contribution in [3.05, 3.63) is 47.5 Å². The zero-order chi connectivity index (χ0) is 11.0. The first-order valence-corrected chi connectivity index (χ1v) is 4.84. The number of rotatable bonds is 2. The monoisotopic (exact) mass is 192 g/mol. The molecule has 0 radical (unpaired) electrons. The van der Waals surface area contributed by atoms with Gasteiger partial charge in [0.15, 0.2) is 0 Å². The van der Waals surface area contributed by atoms with Crippen LogP contribution < -0.4 is 0 Å². The highest BCUT2D eigenvalue weighted by molar-refractivity contribution is 5.19. The number of aliphatic hydroxyl groups excluding tert-OH is 1. The molecule has 1 N–H and O–H groups in total. The van der Waals surface area contributed by atoms with E-state index in [1.54, 1.807) is 0 Å². The molecule has 0 amide bonds. The van der Waals surface area contributed by atoms with Gasteiger partial charge >= 0.3 is 0 Å². The van der Waals surface area contributed by atoms with Gasteiger partial charge in [-0.15, -0.1) is 6.58 Å². The summed E-state index contributed by atoms with van der Waals surface area (Å²) >= 11 is 0. The molecule has 0 fully saturated rings. The minimum absolute atomic E-state index is 0.231. The third-order valence-corrected chi connectivity index (χ3v) is 1.76. The fourth-order valence-corrected chi connectivity index (χ4v) is 0.828. The summed E-state index contributed by atoms with van der Waals surface area (Å²) < 4.78 is 0. The molecule has 0 saturated carbocycles. The molecule has 0 aliphatic carbocycles. The Bertz CT molecular complexity index is 238. The third-order valence-electron chi connectivity index (χ3n) is 1.76. The lowest BCUT2D eigenvalue weighted by atomic mass is 10.2. The standard InChI is InChI=1S/C8H10.C5H10O/c1-7-3-5-8(2)6-4-7;1-5(2)3-4-6/h3-6H,1-2H3;6H,1,3-4H2,2H3. The molecule has 0 unspecified atom stereocenters. The van der Waals surface area contributed by atoms with Crippen LogP contribution in [0.15, 0.2) is 36.4 Å². The Morgan fingerprint density at radius 1 is 1.14 bits per heavy atom. The molecule has 78 valence electrons. The normalized spacial score (nSPS) is 8.86. The van der Waals surface area contributed by atoms with Crippen LogP contribution in [-0.4, -0.2) is 11.7 Å². The van der Waals surface area contributed by atoms with Crippen LogP contribution in [-0.2, 0) is 0 Å². The molecular formula is C13H20O. The first-order valence-electron chi connectivity index (χ1n) is 4.84. The van der Waals surface area contributed by atoms with Crippen molar-refractivity contribution in [2.75, 3.05) is 6.61 Å². The maximum atomic E-state index is 8.18. The van der Waals surface area contributed by atoms with Crippen LogP contribution in [0.1, 0.15) is 24.5 Å². The van der Waals surface area contributed by atoms with E-state index in [1.165, 1.54) is 11.1 Å². The number of aryl methyl sites for hydroxylation is 2. The van der Waals surface area contributed by atoms with Crippen LogP contribution in [0.25, 0.3) is 0 Å². The van der Waals surface area contributed by atoms with Gasteiger partial charge < -0.3 is 5.11 Å². The minimum atomic E-state index is 0.231. The quantitative estimate of drug-likeness (QED) is 0.713. The van der Waals surface area contributed by atoms with Gasteiger partial charge in [0.2, 0.25) is 0 Å². The van der Waals surface area contributed by atoms with Crippen molar-refractivity contribution in [2.24, 2.45) is 0 Å². The van der Waals surface area contributed by atoms with Crippen LogP contribution >= 0.6 is 0 Å². The number of aliphatic hydroxyl groups is 1. The first kappa shape index (κ1) is 12.9. The molecule has 1 rings (SSSR count). The van der Waals surface area contributed by atoms with Gasteiger partial charge in [-0.3, -0.25) is 0 Å². The molecule has 0 atom stereocenters. The highest BCUT2D eigenvalue weighted by Gasteiger charge is 1.79. The van der Waals surface area contributed by atoms with Crippen molar-refractivity contribution in [1.29, 1.82) is 0 Å². The van der Waals surface area contributed by atoms with E-state index in [0.717, 1.165) is 12.0 Å². The molecule has 0 aliphatic rings. The Balaban J connectivity index is 0.000000255. The van der Waals surface area contributed by atoms with Gasteiger partial charge in [-0.2, -0.15) is 0 Å². The molecule has 0 aromatic heterocycles. The van der Waals surface area contributed by atoms with E-state index in [4.69, 9.17) is 5.11 Å². The summed E-state index contributed by atoms with van der Waals surface area (Å²) in [5.74, 6) is 0. The lowest BCUT2D eigenvalue weighted by Gasteiger charge is -1.90. The predicted molar refractivity (Wildman–Crippen MR) is 62.4 cm³/mol. The molecular weight excluding hydrogens is 172 g/mol. The Hall–Kier alpha value is -1.08. The molecule has 0 saturated heterocycles. The van der Waals surface area contributed by atoms with E-state index in [-0.39, 0.29) is 6.61 Å². The second-order valence-electron chi connectivity index (χ2n) is 3.59. The first-order chi connectivity index (χ1) is 6.56. The van der Waals surface area contributed by atoms with Crippen molar-refractivity contribution in [2.45, 2.75) is 27.2 Å². The third kappa shape index (κ3) is 7.56. The number of benzene rings is 1. The SMILES string of the molecule is C=C(C)CCO.Cc1ccc(C)cc1. The summed E-state index contributed by atoms with van der Waals surface area (Å²) in [5, 5.41) is 8.18. The molecule has 0 heterocycles. The zero-order valence-electron chi connectivity index (χ0n) is 9.38. The fourth-order valence-electron chi connectivity index (χ4n) is 0.828. The Morgan fingerprint density at radius 2 is 1.50 bits per heavy atom. The summed E-state index contributed by atoms with van der Waals surface area (Å²) in [6.07, 6.45) is 0.736. The molecule has 1 nitrogen and oxygen atoms in total. The number of hydrogen-bond acceptors (Lipinski definition) is 1. The summed E-state index contributed by atoms with van der Waals surface area (Å²) in [7, 11) is 0. The van der Waals surface area contributed by atoms with Gasteiger partial charge in [-0.25, -0.2) is 0 Å². The molecule has 1 aromatic carbocycles. The Labute approximate surface area is 87.1 Å². The van der Waals surface area contributed by atoms with Crippen molar-refractivity contribution in [1.82, 2.24) is 0 Å². The second kappa shape index (κ2) is 7.34. The van der Waals surface area contributed by atoms with Crippen molar-refractivity contribution < 1.29 is 5.11 Å². The van der Waals surface area contributed by atoms with Crippen LogP contribution in [0.2, 0.25) is 0 Å². The van der Waals surface area contributed by atoms with Gasteiger partial charge in [0.1, 0.15) is 0 Å². The van der Waals surface area contributed by atoms with Gasteiger partial charge in [0.25, 0.3) is 0 Å². The molecule has 1 heteroatoms. The van der Waals surface area contributed by atoms with Crippen molar-refractivity contribution >= 4 is 0 Å². The summed E-state index contributed by atoms with van der Waals surface area (Å²) in [6.45, 7) is 9.91. The predicted octanol–water partition coefficient (Wildman–Crippen LogP) is 3.25. The van der Waals surface area contributed by atoms with Gasteiger partial charge in [0.05, 0.1) is 0 Å². The van der Waals surface area contributed by atoms with Crippen LogP contribution in [0.5, 0.6) is 0 Å². The van der Waals surface area contributed by atoms with E-state index in [1.807, 2.05) is 6.92 Å². The lowest BCUT2D eigenvalue weighted by Crippen LogP contribution is -1.79. The topological polar surface area (TPSA) is 20.2 Å². The lowest BCUT2D eigenvalue weighted by molar-refractivity contribution is 0.299. The van der Waals surface area contributed by atoms with E-state index in [9.17, 15) is 0 Å². The van der Waals surface area contributed by atoms with E-state index < -0.39 is 0 Å². The maximum Gasteiger partial charge on any atom is 0.0467 e. The highest BCUT2D eigenvalue weighted by atomic mass is 16.2. The summed E-state index contributed by atoms with van der Waals surface area (Å²) in [5.41, 5.74) is 3.70. The summed E-state index contributed by atoms with van der Waals surface area (Å²) in [6, 6.07) is 8.48. The molecule has 0 spiro atoms. The zero-order valence-corrected chi connectivity index (χ0v) is 9.38. The van der Waals surface area contributed by atoms with Crippen LogP contribution in [0, 0.1) is 13.8 Å². The smallest absolute Gasteiger partial charge is 0.0467 e. The van der Waals surface area contributed by atoms with Crippen molar-refractivity contribution in [3.63, 3.8) is 0 Å². The Morgan fingerprint density at radius 3 is 1.64 bits per heavy atom. The molecule has 0 aliphatic heterocycles. The van der Waals surface area contributed by atoms with Crippen LogP contribution in [0.4, 0.5) is 0 Å². The largest absolute Gasteiger partial charge is 0.396 e. The molecule has 1 aromatic rings. The van der Waals surface area contributed by atoms with E-state index in [0.29, 0.717) is 0 Å². The average molecular weight is 192 g/mol. The summed E-state index contributed by atoms with van der Waals surface area (Å²) in [4.78, 5) is 0. The number of hydrogen-bond donors (Lipinski definition) is 1.